The summed E-state index contributed by atoms with van der Waals surface area (Å²) < 4.78 is 4.73. The molecule has 0 aliphatic carbocycles. The Hall–Kier alpha value is -2.50. The van der Waals surface area contributed by atoms with E-state index in [1.165, 1.54) is 6.92 Å². The number of hydrogen-bond acceptors (Lipinski definition) is 5. The van der Waals surface area contributed by atoms with Crippen molar-refractivity contribution in [2.24, 2.45) is 0 Å². The lowest BCUT2D eigenvalue weighted by molar-refractivity contribution is -0.384. The van der Waals surface area contributed by atoms with Gasteiger partial charge < -0.3 is 4.52 Å². The second-order valence-electron chi connectivity index (χ2n) is 3.39. The third kappa shape index (κ3) is 1.92. The molecule has 2 rings (SSSR count). The van der Waals surface area contributed by atoms with Gasteiger partial charge in [-0.05, 0) is 0 Å². The normalized spacial score (nSPS) is 10.2. The van der Waals surface area contributed by atoms with Gasteiger partial charge in [0.05, 0.1) is 4.92 Å². The van der Waals surface area contributed by atoms with Crippen LogP contribution in [-0.4, -0.2) is 15.9 Å². The second-order valence-corrected chi connectivity index (χ2v) is 3.39. The van der Waals surface area contributed by atoms with Gasteiger partial charge in [0.15, 0.2) is 5.69 Å². The molecule has 0 radical (unpaired) electrons. The first-order chi connectivity index (χ1) is 8.11. The Morgan fingerprint density at radius 3 is 2.53 bits per heavy atom. The fourth-order valence-electron chi connectivity index (χ4n) is 1.47. The Morgan fingerprint density at radius 2 is 2.00 bits per heavy atom. The molecular weight excluding hydrogens is 224 g/mol. The van der Waals surface area contributed by atoms with Crippen molar-refractivity contribution in [3.63, 3.8) is 0 Å². The van der Waals surface area contributed by atoms with Crippen LogP contribution in [0.3, 0.4) is 0 Å². The Bertz CT molecular complexity index is 574. The Kier molecular flexibility index (Phi) is 2.70. The van der Waals surface area contributed by atoms with Gasteiger partial charge in [0.25, 0.3) is 5.76 Å². The van der Waals surface area contributed by atoms with E-state index in [4.69, 9.17) is 4.52 Å². The SMILES string of the molecule is CC(=O)c1onc(-c2ccccc2)c1[N+](=O)[O-]. The quantitative estimate of drug-likeness (QED) is 0.460. The fraction of sp³-hybridized carbons (Fsp3) is 0.0909. The summed E-state index contributed by atoms with van der Waals surface area (Å²) in [5, 5.41) is 14.5. The van der Waals surface area contributed by atoms with E-state index >= 15 is 0 Å². The average molecular weight is 232 g/mol. The lowest BCUT2D eigenvalue weighted by Gasteiger charge is -1.94. The van der Waals surface area contributed by atoms with Crippen LogP contribution in [0.5, 0.6) is 0 Å². The van der Waals surface area contributed by atoms with Crippen LogP contribution < -0.4 is 0 Å². The van der Waals surface area contributed by atoms with E-state index < -0.39 is 10.7 Å². The van der Waals surface area contributed by atoms with Crippen molar-refractivity contribution in [2.75, 3.05) is 0 Å². The van der Waals surface area contributed by atoms with Crippen LogP contribution in [0.1, 0.15) is 17.5 Å². The van der Waals surface area contributed by atoms with Crippen molar-refractivity contribution >= 4 is 11.5 Å². The largest absolute Gasteiger partial charge is 0.347 e. The topological polar surface area (TPSA) is 86.2 Å². The number of nitro groups is 1. The summed E-state index contributed by atoms with van der Waals surface area (Å²) in [7, 11) is 0. The molecule has 0 aliphatic heterocycles. The average Bonchev–Trinajstić information content (AvgIpc) is 2.74. The predicted molar refractivity (Wildman–Crippen MR) is 58.6 cm³/mol. The molecule has 0 amide bonds. The van der Waals surface area contributed by atoms with Gasteiger partial charge in [0.1, 0.15) is 0 Å². The minimum atomic E-state index is -0.657. The van der Waals surface area contributed by atoms with Gasteiger partial charge in [-0.2, -0.15) is 0 Å². The zero-order valence-corrected chi connectivity index (χ0v) is 8.91. The molecule has 0 aliphatic rings. The highest BCUT2D eigenvalue weighted by atomic mass is 16.6. The summed E-state index contributed by atoms with van der Waals surface area (Å²) >= 11 is 0. The predicted octanol–water partition coefficient (Wildman–Crippen LogP) is 2.45. The molecule has 0 saturated carbocycles. The van der Waals surface area contributed by atoms with Crippen LogP contribution in [0.4, 0.5) is 5.69 Å². The molecule has 0 bridgehead atoms. The number of carbonyl (C=O) groups excluding carboxylic acids is 1. The van der Waals surface area contributed by atoms with E-state index in [1.54, 1.807) is 30.3 Å². The maximum absolute atomic E-state index is 11.2. The lowest BCUT2D eigenvalue weighted by atomic mass is 10.1. The van der Waals surface area contributed by atoms with Gasteiger partial charge in [0, 0.05) is 12.5 Å². The maximum atomic E-state index is 11.2. The van der Waals surface area contributed by atoms with Crippen LogP contribution in [0.15, 0.2) is 34.9 Å². The van der Waals surface area contributed by atoms with Crippen LogP contribution in [0.2, 0.25) is 0 Å². The van der Waals surface area contributed by atoms with Crippen molar-refractivity contribution < 1.29 is 14.2 Å². The second kappa shape index (κ2) is 4.17. The Morgan fingerprint density at radius 1 is 1.35 bits per heavy atom. The van der Waals surface area contributed by atoms with E-state index in [9.17, 15) is 14.9 Å². The summed E-state index contributed by atoms with van der Waals surface area (Å²) in [5.74, 6) is -0.847. The van der Waals surface area contributed by atoms with E-state index in [1.807, 2.05) is 0 Å². The third-order valence-corrected chi connectivity index (χ3v) is 2.22. The number of aromatic nitrogens is 1. The first kappa shape index (κ1) is 11.0. The van der Waals surface area contributed by atoms with Gasteiger partial charge in [0.2, 0.25) is 5.78 Å². The number of hydrogen-bond donors (Lipinski definition) is 0. The molecule has 1 aromatic carbocycles. The van der Waals surface area contributed by atoms with E-state index in [2.05, 4.69) is 5.16 Å². The molecule has 86 valence electrons. The van der Waals surface area contributed by atoms with Crippen molar-refractivity contribution in [2.45, 2.75) is 6.92 Å². The van der Waals surface area contributed by atoms with Crippen molar-refractivity contribution in [1.82, 2.24) is 5.16 Å². The molecule has 0 spiro atoms. The number of ketones is 1. The van der Waals surface area contributed by atoms with Gasteiger partial charge >= 0.3 is 5.69 Å². The molecule has 0 saturated heterocycles. The van der Waals surface area contributed by atoms with Gasteiger partial charge in [-0.25, -0.2) is 0 Å². The number of benzene rings is 1. The number of carbonyl (C=O) groups is 1. The highest BCUT2D eigenvalue weighted by molar-refractivity contribution is 5.97. The number of rotatable bonds is 3. The van der Waals surface area contributed by atoms with Crippen molar-refractivity contribution in [1.29, 1.82) is 0 Å². The summed E-state index contributed by atoms with van der Waals surface area (Å²) in [6.07, 6.45) is 0. The van der Waals surface area contributed by atoms with Crippen LogP contribution in [0.25, 0.3) is 11.3 Å². The highest BCUT2D eigenvalue weighted by Crippen LogP contribution is 2.32. The molecule has 6 heteroatoms. The summed E-state index contributed by atoms with van der Waals surface area (Å²) in [4.78, 5) is 21.5. The Labute approximate surface area is 96.0 Å². The van der Waals surface area contributed by atoms with Gasteiger partial charge in [-0.1, -0.05) is 35.5 Å². The Balaban J connectivity index is 2.64. The maximum Gasteiger partial charge on any atom is 0.347 e. The molecule has 17 heavy (non-hydrogen) atoms. The highest BCUT2D eigenvalue weighted by Gasteiger charge is 2.30. The standard InChI is InChI=1S/C11H8N2O4/c1-7(14)11-10(13(15)16)9(12-17-11)8-5-3-2-4-6-8/h2-6H,1H3. The van der Waals surface area contributed by atoms with Gasteiger partial charge in [-0.15, -0.1) is 0 Å². The molecule has 6 nitrogen and oxygen atoms in total. The number of nitrogens with zero attached hydrogens (tertiary/aromatic N) is 2. The fourth-order valence-corrected chi connectivity index (χ4v) is 1.47. The van der Waals surface area contributed by atoms with Crippen LogP contribution in [-0.2, 0) is 0 Å². The number of Topliss-reactive ketones (excluding diaryl/α,β-unsaturated/α-hetero) is 1. The molecule has 0 N–H and O–H groups in total. The van der Waals surface area contributed by atoms with Crippen LogP contribution >= 0.6 is 0 Å². The minimum Gasteiger partial charge on any atom is -0.345 e. The monoisotopic (exact) mass is 232 g/mol. The van der Waals surface area contributed by atoms with Crippen molar-refractivity contribution in [3.05, 3.63) is 46.2 Å². The molecule has 1 heterocycles. The molecule has 0 unspecified atom stereocenters. The third-order valence-electron chi connectivity index (χ3n) is 2.22. The lowest BCUT2D eigenvalue weighted by Crippen LogP contribution is -1.97. The first-order valence-electron chi connectivity index (χ1n) is 4.81. The molecular formula is C11H8N2O4. The molecule has 0 fully saturated rings. The molecule has 2 aromatic rings. The van der Waals surface area contributed by atoms with E-state index in [0.29, 0.717) is 5.56 Å². The zero-order chi connectivity index (χ0) is 12.4. The molecule has 1 aromatic heterocycles. The summed E-state index contributed by atoms with van der Waals surface area (Å²) in [5.41, 5.74) is 0.222. The summed E-state index contributed by atoms with van der Waals surface area (Å²) in [6, 6.07) is 8.55. The minimum absolute atomic E-state index is 0.0702. The zero-order valence-electron chi connectivity index (χ0n) is 8.91. The first-order valence-corrected chi connectivity index (χ1v) is 4.81. The van der Waals surface area contributed by atoms with Crippen LogP contribution in [0, 0.1) is 10.1 Å². The van der Waals surface area contributed by atoms with Crippen molar-refractivity contribution in [3.8, 4) is 11.3 Å². The molecule has 0 atom stereocenters. The smallest absolute Gasteiger partial charge is 0.345 e. The van der Waals surface area contributed by atoms with Gasteiger partial charge in [-0.3, -0.25) is 14.9 Å². The summed E-state index contributed by atoms with van der Waals surface area (Å²) in [6.45, 7) is 1.20. The van der Waals surface area contributed by atoms with E-state index in [-0.39, 0.29) is 17.1 Å². The van der Waals surface area contributed by atoms with E-state index in [0.717, 1.165) is 0 Å².